The van der Waals surface area contributed by atoms with Gasteiger partial charge in [-0.2, -0.15) is 0 Å². The third kappa shape index (κ3) is 2.85. The first kappa shape index (κ1) is 18.1. The third-order valence-corrected chi connectivity index (χ3v) is 4.87. The number of halogens is 1. The number of hydrogen-bond donors (Lipinski definition) is 1. The number of aldehydes is 1. The number of carbonyl (C=O) groups is 2. The molecule has 26 heavy (non-hydrogen) atoms. The third-order valence-electron chi connectivity index (χ3n) is 4.13. The van der Waals surface area contributed by atoms with E-state index < -0.39 is 22.8 Å². The molecule has 0 radical (unpaired) electrons. The maximum atomic E-state index is 14.5. The molecule has 0 saturated carbocycles. The lowest BCUT2D eigenvalue weighted by molar-refractivity contribution is -0.111. The first-order valence-electron chi connectivity index (χ1n) is 7.61. The van der Waals surface area contributed by atoms with E-state index in [-0.39, 0.29) is 22.8 Å². The van der Waals surface area contributed by atoms with Gasteiger partial charge in [0.05, 0.1) is 5.39 Å². The fourth-order valence-corrected chi connectivity index (χ4v) is 3.32. The lowest BCUT2D eigenvalue weighted by Crippen LogP contribution is -2.48. The van der Waals surface area contributed by atoms with Crippen LogP contribution in [-0.2, 0) is 4.79 Å². The van der Waals surface area contributed by atoms with Crippen molar-refractivity contribution in [3.8, 4) is 0 Å². The minimum atomic E-state index is -1.41. The Morgan fingerprint density at radius 3 is 2.73 bits per heavy atom. The van der Waals surface area contributed by atoms with Gasteiger partial charge in [-0.15, -0.1) is 0 Å². The van der Waals surface area contributed by atoms with Crippen LogP contribution in [0.5, 0.6) is 0 Å². The van der Waals surface area contributed by atoms with E-state index in [2.05, 4.69) is 9.98 Å². The molecule has 1 aliphatic heterocycles. The zero-order valence-corrected chi connectivity index (χ0v) is 14.8. The normalized spacial score (nSPS) is 15.2. The number of carboxylic acids is 1. The van der Waals surface area contributed by atoms with Crippen molar-refractivity contribution in [2.75, 3.05) is 31.3 Å². The molecule has 0 unspecified atom stereocenters. The van der Waals surface area contributed by atoms with Gasteiger partial charge in [0.15, 0.2) is 22.4 Å². The molecule has 1 aliphatic rings. The summed E-state index contributed by atoms with van der Waals surface area (Å²) >= 11 is 1.23. The topological polar surface area (TPSA) is 105 Å². The van der Waals surface area contributed by atoms with E-state index >= 15 is 0 Å². The summed E-state index contributed by atoms with van der Waals surface area (Å²) in [6.45, 7) is 0.682. The molecule has 3 heterocycles. The number of carbonyl (C=O) groups excluding carboxylic acids is 1. The zero-order chi connectivity index (χ0) is 19.0. The van der Waals surface area contributed by atoms with Gasteiger partial charge in [-0.1, -0.05) is 11.8 Å². The van der Waals surface area contributed by atoms with Crippen molar-refractivity contribution in [3.63, 3.8) is 0 Å². The Morgan fingerprint density at radius 2 is 2.19 bits per heavy atom. The lowest BCUT2D eigenvalue weighted by Gasteiger charge is -2.37. The number of carboxylic acid groups (broad SMARTS) is 1. The van der Waals surface area contributed by atoms with Crippen LogP contribution in [0.4, 0.5) is 10.2 Å². The highest BCUT2D eigenvalue weighted by molar-refractivity contribution is 8.13. The van der Waals surface area contributed by atoms with Gasteiger partial charge >= 0.3 is 5.97 Å². The first-order valence-corrected chi connectivity index (χ1v) is 8.84. The number of rotatable bonds is 3. The molecule has 0 spiro atoms. The summed E-state index contributed by atoms with van der Waals surface area (Å²) in [6, 6.07) is 0.991. The number of anilines is 1. The van der Waals surface area contributed by atoms with Crippen LogP contribution in [0.2, 0.25) is 0 Å². The molecule has 0 bridgehead atoms. The van der Waals surface area contributed by atoms with E-state index in [9.17, 15) is 23.9 Å². The number of fused-ring (bicyclic) bond motifs is 1. The van der Waals surface area contributed by atoms with Gasteiger partial charge in [0.2, 0.25) is 5.43 Å². The molecule has 8 nitrogen and oxygen atoms in total. The summed E-state index contributed by atoms with van der Waals surface area (Å²) in [4.78, 5) is 44.5. The molecular weight excluding hydrogens is 363 g/mol. The Morgan fingerprint density at radius 1 is 1.50 bits per heavy atom. The van der Waals surface area contributed by atoms with E-state index in [1.807, 2.05) is 0 Å². The molecule has 1 fully saturated rings. The molecule has 0 aromatic carbocycles. The molecule has 1 saturated heterocycles. The summed E-state index contributed by atoms with van der Waals surface area (Å²) in [5.74, 6) is -2.32. The van der Waals surface area contributed by atoms with Crippen molar-refractivity contribution >= 4 is 46.0 Å². The number of pyridine rings is 2. The maximum Gasteiger partial charge on any atom is 0.341 e. The summed E-state index contributed by atoms with van der Waals surface area (Å²) in [5.41, 5.74) is -1.19. The van der Waals surface area contributed by atoms with Gasteiger partial charge in [-0.05, 0) is 12.3 Å². The summed E-state index contributed by atoms with van der Waals surface area (Å²) < 4.78 is 15.9. The molecule has 3 rings (SSSR count). The minimum Gasteiger partial charge on any atom is -0.477 e. The number of hydrogen-bond acceptors (Lipinski definition) is 7. The van der Waals surface area contributed by atoms with E-state index in [0.29, 0.717) is 18.3 Å². The van der Waals surface area contributed by atoms with Gasteiger partial charge in [0.25, 0.3) is 0 Å². The summed E-state index contributed by atoms with van der Waals surface area (Å²) in [6.07, 6.45) is 3.69. The molecule has 0 amide bonds. The SMILES string of the molecule is C/N=C(\SC)n1cc(C(=O)O)c(=O)c2cc(F)c(N3CC(C=O)C3)nc21. The molecule has 2 aromatic rings. The fraction of sp³-hybridized carbons (Fsp3) is 0.312. The van der Waals surface area contributed by atoms with Crippen LogP contribution in [0.15, 0.2) is 22.1 Å². The minimum absolute atomic E-state index is 0.0170. The predicted molar refractivity (Wildman–Crippen MR) is 97.0 cm³/mol. The van der Waals surface area contributed by atoms with Crippen LogP contribution < -0.4 is 10.3 Å². The number of thioether (sulfide) groups is 1. The maximum absolute atomic E-state index is 14.5. The van der Waals surface area contributed by atoms with Crippen molar-refractivity contribution in [1.82, 2.24) is 9.55 Å². The highest BCUT2D eigenvalue weighted by Gasteiger charge is 2.30. The largest absolute Gasteiger partial charge is 0.477 e. The van der Waals surface area contributed by atoms with Gasteiger partial charge < -0.3 is 14.8 Å². The van der Waals surface area contributed by atoms with Crippen LogP contribution in [0.3, 0.4) is 0 Å². The quantitative estimate of drug-likeness (QED) is 0.484. The van der Waals surface area contributed by atoms with Crippen LogP contribution in [-0.4, -0.2) is 58.5 Å². The average Bonchev–Trinajstić information content (AvgIpc) is 2.57. The second kappa shape index (κ2) is 6.87. The van der Waals surface area contributed by atoms with Crippen molar-refractivity contribution in [2.45, 2.75) is 0 Å². The molecule has 0 aliphatic carbocycles. The molecule has 10 heteroatoms. The zero-order valence-electron chi connectivity index (χ0n) is 14.0. The van der Waals surface area contributed by atoms with E-state index in [1.165, 1.54) is 23.4 Å². The Kier molecular flexibility index (Phi) is 4.77. The van der Waals surface area contributed by atoms with Crippen molar-refractivity contribution in [2.24, 2.45) is 10.9 Å². The fourth-order valence-electron chi connectivity index (χ4n) is 2.80. The van der Waals surface area contributed by atoms with Crippen molar-refractivity contribution in [1.29, 1.82) is 0 Å². The van der Waals surface area contributed by atoms with Gasteiger partial charge in [-0.3, -0.25) is 14.4 Å². The van der Waals surface area contributed by atoms with E-state index in [0.717, 1.165) is 18.5 Å². The molecule has 136 valence electrons. The molecule has 0 atom stereocenters. The van der Waals surface area contributed by atoms with Crippen LogP contribution in [0, 0.1) is 11.7 Å². The van der Waals surface area contributed by atoms with Crippen molar-refractivity contribution in [3.05, 3.63) is 33.9 Å². The Hall–Kier alpha value is -2.75. The number of aliphatic imine (C=N–C) groups is 1. The second-order valence-electron chi connectivity index (χ2n) is 5.72. The summed E-state index contributed by atoms with van der Waals surface area (Å²) in [7, 11) is 1.52. The van der Waals surface area contributed by atoms with Gasteiger partial charge in [0.1, 0.15) is 11.8 Å². The van der Waals surface area contributed by atoms with Crippen LogP contribution in [0.1, 0.15) is 10.4 Å². The number of nitrogens with zero attached hydrogens (tertiary/aromatic N) is 4. The van der Waals surface area contributed by atoms with Gasteiger partial charge in [0, 0.05) is 32.3 Å². The smallest absolute Gasteiger partial charge is 0.341 e. The molecule has 2 aromatic heterocycles. The lowest BCUT2D eigenvalue weighted by atomic mass is 10.0. The highest BCUT2D eigenvalue weighted by Crippen LogP contribution is 2.27. The molecule has 1 N–H and O–H groups in total. The van der Waals surface area contributed by atoms with Crippen molar-refractivity contribution < 1.29 is 19.1 Å². The van der Waals surface area contributed by atoms with E-state index in [4.69, 9.17) is 0 Å². The Balaban J connectivity index is 2.29. The Bertz CT molecular complexity index is 998. The average molecular weight is 378 g/mol. The number of aromatic nitrogens is 2. The monoisotopic (exact) mass is 378 g/mol. The first-order chi connectivity index (χ1) is 12.4. The predicted octanol–water partition coefficient (Wildman–Crippen LogP) is 1.07. The standard InChI is InChI=1S/C16H15FN4O4S/c1-18-16(26-2)21-6-10(15(24)25)12(23)9-3-11(17)14(19-13(9)21)20-4-8(5-20)7-22/h3,6-8H,4-5H2,1-2H3,(H,24,25)/b18-16-. The highest BCUT2D eigenvalue weighted by atomic mass is 32.2. The second-order valence-corrected chi connectivity index (χ2v) is 6.50. The Labute approximate surface area is 151 Å². The number of aromatic carboxylic acids is 1. The van der Waals surface area contributed by atoms with Crippen LogP contribution >= 0.6 is 11.8 Å². The van der Waals surface area contributed by atoms with Crippen LogP contribution in [0.25, 0.3) is 11.0 Å². The van der Waals surface area contributed by atoms with E-state index in [1.54, 1.807) is 11.2 Å². The van der Waals surface area contributed by atoms with Gasteiger partial charge in [-0.25, -0.2) is 14.2 Å². The summed E-state index contributed by atoms with van der Waals surface area (Å²) in [5, 5.41) is 9.53. The molecular formula is C16H15FN4O4S.